The summed E-state index contributed by atoms with van der Waals surface area (Å²) in [6.45, 7) is 2.51. The Hall–Kier alpha value is -2.24. The minimum atomic E-state index is -0.858. The molecule has 0 atom stereocenters. The van der Waals surface area contributed by atoms with E-state index in [1.54, 1.807) is 12.1 Å². The van der Waals surface area contributed by atoms with E-state index in [-0.39, 0.29) is 17.5 Å². The lowest BCUT2D eigenvalue weighted by Crippen LogP contribution is -2.57. The van der Waals surface area contributed by atoms with Crippen molar-refractivity contribution in [1.82, 2.24) is 5.32 Å². The van der Waals surface area contributed by atoms with E-state index in [9.17, 15) is 9.90 Å². The first-order chi connectivity index (χ1) is 9.98. The Morgan fingerprint density at radius 1 is 1.43 bits per heavy atom. The van der Waals surface area contributed by atoms with Gasteiger partial charge in [-0.05, 0) is 42.9 Å². The minimum absolute atomic E-state index is 0.0114. The SMILES string of the molecule is CC1CC(C(=O)NCCc2ccc(O)cc2)(/C(N)=N/O)C1. The van der Waals surface area contributed by atoms with Crippen LogP contribution in [0.2, 0.25) is 0 Å². The molecule has 1 aliphatic carbocycles. The van der Waals surface area contributed by atoms with Gasteiger partial charge in [-0.1, -0.05) is 24.2 Å². The number of aromatic hydroxyl groups is 1. The number of oxime groups is 1. The van der Waals surface area contributed by atoms with Gasteiger partial charge in [0, 0.05) is 6.54 Å². The molecule has 1 aromatic rings. The van der Waals surface area contributed by atoms with Crippen LogP contribution in [0.1, 0.15) is 25.3 Å². The summed E-state index contributed by atoms with van der Waals surface area (Å²) < 4.78 is 0. The molecule has 5 N–H and O–H groups in total. The predicted molar refractivity (Wildman–Crippen MR) is 79.1 cm³/mol. The molecule has 1 aromatic carbocycles. The molecule has 0 spiro atoms. The highest BCUT2D eigenvalue weighted by atomic mass is 16.4. The number of carbonyl (C=O) groups is 1. The number of nitrogens with two attached hydrogens (primary N) is 1. The number of carbonyl (C=O) groups excluding carboxylic acids is 1. The molecule has 0 radical (unpaired) electrons. The number of phenolic OH excluding ortho intramolecular Hbond substituents is 1. The van der Waals surface area contributed by atoms with Gasteiger partial charge in [0.1, 0.15) is 11.2 Å². The van der Waals surface area contributed by atoms with Gasteiger partial charge in [0.05, 0.1) is 0 Å². The van der Waals surface area contributed by atoms with Crippen LogP contribution < -0.4 is 11.1 Å². The second-order valence-electron chi connectivity index (χ2n) is 5.75. The molecule has 2 rings (SSSR count). The smallest absolute Gasteiger partial charge is 0.233 e. The normalized spacial score (nSPS) is 25.2. The molecular weight excluding hydrogens is 270 g/mol. The van der Waals surface area contributed by atoms with Gasteiger partial charge >= 0.3 is 0 Å². The fraction of sp³-hybridized carbons (Fsp3) is 0.467. The van der Waals surface area contributed by atoms with Gasteiger partial charge in [-0.15, -0.1) is 0 Å². The van der Waals surface area contributed by atoms with Crippen molar-refractivity contribution in [2.45, 2.75) is 26.2 Å². The average molecular weight is 291 g/mol. The molecular formula is C15H21N3O3. The first-order valence-electron chi connectivity index (χ1n) is 7.02. The second kappa shape index (κ2) is 6.03. The lowest BCUT2D eigenvalue weighted by molar-refractivity contribution is -0.133. The summed E-state index contributed by atoms with van der Waals surface area (Å²) in [5.41, 5.74) is 5.85. The number of hydrogen-bond donors (Lipinski definition) is 4. The van der Waals surface area contributed by atoms with Crippen molar-refractivity contribution in [1.29, 1.82) is 0 Å². The molecule has 0 aliphatic heterocycles. The van der Waals surface area contributed by atoms with Crippen LogP contribution in [-0.4, -0.2) is 28.6 Å². The molecule has 6 nitrogen and oxygen atoms in total. The summed E-state index contributed by atoms with van der Waals surface area (Å²) in [6.07, 6.45) is 1.87. The monoisotopic (exact) mass is 291 g/mol. The van der Waals surface area contributed by atoms with Gasteiger partial charge in [-0.3, -0.25) is 4.79 Å². The summed E-state index contributed by atoms with van der Waals surface area (Å²) in [5, 5.41) is 23.9. The Kier molecular flexibility index (Phi) is 4.35. The zero-order valence-corrected chi connectivity index (χ0v) is 12.0. The maximum absolute atomic E-state index is 12.3. The lowest BCUT2D eigenvalue weighted by Gasteiger charge is -2.43. The van der Waals surface area contributed by atoms with E-state index >= 15 is 0 Å². The average Bonchev–Trinajstić information content (AvgIpc) is 2.44. The van der Waals surface area contributed by atoms with Gasteiger partial charge in [0.25, 0.3) is 0 Å². The molecule has 1 amide bonds. The fourth-order valence-corrected chi connectivity index (χ4v) is 2.89. The molecule has 1 fully saturated rings. The zero-order chi connectivity index (χ0) is 15.5. The quantitative estimate of drug-likeness (QED) is 0.283. The third kappa shape index (κ3) is 3.09. The standard InChI is InChI=1S/C15H21N3O3/c1-10-8-15(9-10,13(16)18-21)14(20)17-7-6-11-2-4-12(19)5-3-11/h2-5,10,19,21H,6-9H2,1H3,(H2,16,18)(H,17,20). The van der Waals surface area contributed by atoms with Crippen molar-refractivity contribution in [2.24, 2.45) is 22.2 Å². The molecule has 0 bridgehead atoms. The number of nitrogens with one attached hydrogen (secondary N) is 1. The van der Waals surface area contributed by atoms with Gasteiger partial charge < -0.3 is 21.4 Å². The molecule has 114 valence electrons. The number of phenols is 1. The van der Waals surface area contributed by atoms with Gasteiger partial charge in [0.15, 0.2) is 5.84 Å². The summed E-state index contributed by atoms with van der Waals surface area (Å²) in [7, 11) is 0. The van der Waals surface area contributed by atoms with E-state index in [1.165, 1.54) is 0 Å². The van der Waals surface area contributed by atoms with E-state index < -0.39 is 5.41 Å². The molecule has 6 heteroatoms. The Morgan fingerprint density at radius 2 is 2.05 bits per heavy atom. The van der Waals surface area contributed by atoms with Crippen LogP contribution in [0.25, 0.3) is 0 Å². The van der Waals surface area contributed by atoms with Crippen molar-refractivity contribution in [3.8, 4) is 5.75 Å². The van der Waals surface area contributed by atoms with Crippen LogP contribution in [0.5, 0.6) is 5.75 Å². The predicted octanol–water partition coefficient (Wildman–Crippen LogP) is 1.21. The maximum atomic E-state index is 12.3. The molecule has 0 unspecified atom stereocenters. The highest BCUT2D eigenvalue weighted by Crippen LogP contribution is 2.45. The Morgan fingerprint density at radius 3 is 2.57 bits per heavy atom. The third-order valence-electron chi connectivity index (χ3n) is 4.06. The van der Waals surface area contributed by atoms with Crippen LogP contribution in [0.3, 0.4) is 0 Å². The van der Waals surface area contributed by atoms with Crippen molar-refractivity contribution in [3.05, 3.63) is 29.8 Å². The van der Waals surface area contributed by atoms with Crippen molar-refractivity contribution >= 4 is 11.7 Å². The van der Waals surface area contributed by atoms with E-state index in [1.807, 2.05) is 19.1 Å². The first-order valence-corrected chi connectivity index (χ1v) is 7.02. The molecule has 0 aromatic heterocycles. The third-order valence-corrected chi connectivity index (χ3v) is 4.06. The van der Waals surface area contributed by atoms with Crippen LogP contribution in [0.15, 0.2) is 29.4 Å². The maximum Gasteiger partial charge on any atom is 0.233 e. The lowest BCUT2D eigenvalue weighted by atomic mass is 9.61. The number of nitrogens with zero attached hydrogens (tertiary/aromatic N) is 1. The van der Waals surface area contributed by atoms with E-state index in [4.69, 9.17) is 10.9 Å². The molecule has 1 saturated carbocycles. The largest absolute Gasteiger partial charge is 0.508 e. The van der Waals surface area contributed by atoms with Crippen molar-refractivity contribution in [3.63, 3.8) is 0 Å². The first kappa shape index (κ1) is 15.2. The van der Waals surface area contributed by atoms with Crippen LogP contribution >= 0.6 is 0 Å². The molecule has 1 aliphatic rings. The number of benzene rings is 1. The van der Waals surface area contributed by atoms with Gasteiger partial charge in [-0.2, -0.15) is 0 Å². The zero-order valence-electron chi connectivity index (χ0n) is 12.0. The van der Waals surface area contributed by atoms with Gasteiger partial charge in [-0.25, -0.2) is 0 Å². The minimum Gasteiger partial charge on any atom is -0.508 e. The highest BCUT2D eigenvalue weighted by Gasteiger charge is 2.51. The summed E-state index contributed by atoms with van der Waals surface area (Å²) in [5.74, 6) is 0.419. The second-order valence-corrected chi connectivity index (χ2v) is 5.75. The number of amides is 1. The van der Waals surface area contributed by atoms with Crippen molar-refractivity contribution in [2.75, 3.05) is 6.54 Å². The number of hydrogen-bond acceptors (Lipinski definition) is 4. The Balaban J connectivity index is 1.90. The number of rotatable bonds is 5. The van der Waals surface area contributed by atoms with E-state index in [0.717, 1.165) is 5.56 Å². The van der Waals surface area contributed by atoms with Gasteiger partial charge in [0.2, 0.25) is 5.91 Å². The number of amidine groups is 1. The van der Waals surface area contributed by atoms with Crippen LogP contribution in [0, 0.1) is 11.3 Å². The summed E-state index contributed by atoms with van der Waals surface area (Å²) in [6, 6.07) is 6.85. The van der Waals surface area contributed by atoms with Crippen LogP contribution in [0.4, 0.5) is 0 Å². The fourth-order valence-electron chi connectivity index (χ4n) is 2.89. The van der Waals surface area contributed by atoms with Crippen LogP contribution in [-0.2, 0) is 11.2 Å². The van der Waals surface area contributed by atoms with E-state index in [2.05, 4.69) is 10.5 Å². The molecule has 0 saturated heterocycles. The topological polar surface area (TPSA) is 108 Å². The molecule has 0 heterocycles. The summed E-state index contributed by atoms with van der Waals surface area (Å²) >= 11 is 0. The Labute approximate surface area is 123 Å². The highest BCUT2D eigenvalue weighted by molar-refractivity contribution is 6.07. The van der Waals surface area contributed by atoms with Crippen molar-refractivity contribution < 1.29 is 15.1 Å². The van der Waals surface area contributed by atoms with E-state index in [0.29, 0.717) is 31.7 Å². The summed E-state index contributed by atoms with van der Waals surface area (Å²) in [4.78, 5) is 12.3. The molecule has 21 heavy (non-hydrogen) atoms. The Bertz CT molecular complexity index is 534.